The lowest BCUT2D eigenvalue weighted by molar-refractivity contribution is -0.384. The van der Waals surface area contributed by atoms with E-state index in [9.17, 15) is 14.9 Å². The number of nitrogens with one attached hydrogen (secondary N) is 1. The Morgan fingerprint density at radius 1 is 1.61 bits per heavy atom. The summed E-state index contributed by atoms with van der Waals surface area (Å²) < 4.78 is 0. The van der Waals surface area contributed by atoms with Crippen LogP contribution >= 0.6 is 11.6 Å². The van der Waals surface area contributed by atoms with Crippen molar-refractivity contribution in [1.29, 1.82) is 0 Å². The van der Waals surface area contributed by atoms with Crippen molar-refractivity contribution in [3.8, 4) is 0 Å². The fraction of sp³-hybridized carbons (Fsp3) is 0.364. The minimum Gasteiger partial charge on any atom is -0.481 e. The molecule has 0 saturated heterocycles. The molecule has 6 nitrogen and oxygen atoms in total. The molecule has 0 radical (unpaired) electrons. The number of halogens is 1. The average Bonchev–Trinajstić information content (AvgIpc) is 2.29. The van der Waals surface area contributed by atoms with E-state index in [1.165, 1.54) is 18.2 Å². The van der Waals surface area contributed by atoms with Crippen LogP contribution in [-0.4, -0.2) is 22.5 Å². The maximum absolute atomic E-state index is 10.8. The molecule has 1 aromatic rings. The number of nitrogens with zero attached hydrogens (tertiary/aromatic N) is 1. The van der Waals surface area contributed by atoms with Crippen LogP contribution in [0.15, 0.2) is 18.2 Å². The smallest absolute Gasteiger partial charge is 0.308 e. The van der Waals surface area contributed by atoms with Gasteiger partial charge in [-0.1, -0.05) is 18.5 Å². The van der Waals surface area contributed by atoms with Crippen molar-refractivity contribution in [1.82, 2.24) is 0 Å². The molecule has 7 heteroatoms. The van der Waals surface area contributed by atoms with Gasteiger partial charge in [0.25, 0.3) is 5.69 Å². The Bertz CT molecular complexity index is 464. The Morgan fingerprint density at radius 2 is 2.28 bits per heavy atom. The van der Waals surface area contributed by atoms with Crippen molar-refractivity contribution in [3.05, 3.63) is 33.3 Å². The molecule has 18 heavy (non-hydrogen) atoms. The summed E-state index contributed by atoms with van der Waals surface area (Å²) in [4.78, 5) is 21.1. The number of rotatable bonds is 6. The molecule has 0 aliphatic heterocycles. The Labute approximate surface area is 109 Å². The van der Waals surface area contributed by atoms with Gasteiger partial charge in [0.2, 0.25) is 0 Å². The zero-order chi connectivity index (χ0) is 13.7. The second kappa shape index (κ2) is 6.20. The van der Waals surface area contributed by atoms with Crippen LogP contribution in [0, 0.1) is 16.0 Å². The van der Waals surface area contributed by atoms with Gasteiger partial charge in [-0.25, -0.2) is 0 Å². The molecule has 0 saturated carbocycles. The number of carbonyl (C=O) groups is 1. The third-order valence-electron chi connectivity index (χ3n) is 2.54. The summed E-state index contributed by atoms with van der Waals surface area (Å²) in [7, 11) is 0. The van der Waals surface area contributed by atoms with Crippen LogP contribution < -0.4 is 5.32 Å². The number of carboxylic acid groups (broad SMARTS) is 1. The molecule has 0 amide bonds. The first-order valence-corrected chi connectivity index (χ1v) is 5.74. The summed E-state index contributed by atoms with van der Waals surface area (Å²) in [6, 6.07) is 4.11. The molecule has 1 rings (SSSR count). The van der Waals surface area contributed by atoms with Crippen molar-refractivity contribution in [2.75, 3.05) is 11.9 Å². The second-order valence-electron chi connectivity index (χ2n) is 3.74. The SMILES string of the molecule is CCC(CNc1cc(Cl)ccc1[N+](=O)[O-])C(=O)O. The quantitative estimate of drug-likeness (QED) is 0.613. The molecular weight excluding hydrogens is 260 g/mol. The first kappa shape index (κ1) is 14.2. The lowest BCUT2D eigenvalue weighted by atomic mass is 10.1. The van der Waals surface area contributed by atoms with Crippen molar-refractivity contribution in [2.45, 2.75) is 13.3 Å². The Morgan fingerprint density at radius 3 is 2.78 bits per heavy atom. The average molecular weight is 273 g/mol. The molecule has 0 spiro atoms. The van der Waals surface area contributed by atoms with Gasteiger partial charge < -0.3 is 10.4 Å². The van der Waals surface area contributed by atoms with E-state index >= 15 is 0 Å². The summed E-state index contributed by atoms with van der Waals surface area (Å²) in [5.74, 6) is -1.53. The molecule has 0 aromatic heterocycles. The largest absolute Gasteiger partial charge is 0.481 e. The maximum atomic E-state index is 10.8. The van der Waals surface area contributed by atoms with Gasteiger partial charge in [-0.15, -0.1) is 0 Å². The zero-order valence-electron chi connectivity index (χ0n) is 9.72. The van der Waals surface area contributed by atoms with Crippen molar-refractivity contribution < 1.29 is 14.8 Å². The van der Waals surface area contributed by atoms with Crippen LogP contribution in [0.1, 0.15) is 13.3 Å². The molecule has 0 heterocycles. The zero-order valence-corrected chi connectivity index (χ0v) is 10.5. The molecule has 1 unspecified atom stereocenters. The number of benzene rings is 1. The summed E-state index contributed by atoms with van der Waals surface area (Å²) in [6.07, 6.45) is 0.441. The lowest BCUT2D eigenvalue weighted by Gasteiger charge is -2.12. The molecule has 0 fully saturated rings. The van der Waals surface area contributed by atoms with Crippen LogP contribution in [0.4, 0.5) is 11.4 Å². The van der Waals surface area contributed by atoms with Gasteiger partial charge in [-0.05, 0) is 18.6 Å². The monoisotopic (exact) mass is 272 g/mol. The van der Waals surface area contributed by atoms with E-state index in [1.807, 2.05) is 0 Å². The van der Waals surface area contributed by atoms with Crippen molar-refractivity contribution in [2.24, 2.45) is 5.92 Å². The normalized spacial score (nSPS) is 11.9. The van der Waals surface area contributed by atoms with E-state index in [1.54, 1.807) is 6.92 Å². The van der Waals surface area contributed by atoms with E-state index < -0.39 is 16.8 Å². The third kappa shape index (κ3) is 3.59. The van der Waals surface area contributed by atoms with Crippen LogP contribution in [0.2, 0.25) is 5.02 Å². The van der Waals surface area contributed by atoms with Crippen molar-refractivity contribution in [3.63, 3.8) is 0 Å². The van der Waals surface area contributed by atoms with E-state index in [0.717, 1.165) is 0 Å². The van der Waals surface area contributed by atoms with Crippen molar-refractivity contribution >= 4 is 28.9 Å². The predicted molar refractivity (Wildman–Crippen MR) is 68.0 cm³/mol. The molecule has 2 N–H and O–H groups in total. The standard InChI is InChI=1S/C11H13ClN2O4/c1-2-7(11(15)16)6-13-9-5-8(12)3-4-10(9)14(17)18/h3-5,7,13H,2,6H2,1H3,(H,15,16). The number of carboxylic acids is 1. The second-order valence-corrected chi connectivity index (χ2v) is 4.18. The van der Waals surface area contributed by atoms with Gasteiger partial charge in [-0.3, -0.25) is 14.9 Å². The van der Waals surface area contributed by atoms with Gasteiger partial charge >= 0.3 is 5.97 Å². The highest BCUT2D eigenvalue weighted by Crippen LogP contribution is 2.27. The summed E-state index contributed by atoms with van der Waals surface area (Å²) in [5, 5.41) is 22.8. The van der Waals surface area contributed by atoms with Gasteiger partial charge in [0.1, 0.15) is 5.69 Å². The number of hydrogen-bond acceptors (Lipinski definition) is 4. The van der Waals surface area contributed by atoms with Gasteiger partial charge in [0, 0.05) is 17.6 Å². The van der Waals surface area contributed by atoms with Crippen LogP contribution in [0.25, 0.3) is 0 Å². The number of anilines is 1. The van der Waals surface area contributed by atoms with E-state index in [2.05, 4.69) is 5.32 Å². The third-order valence-corrected chi connectivity index (χ3v) is 2.77. The summed E-state index contributed by atoms with van der Waals surface area (Å²) in [6.45, 7) is 1.86. The predicted octanol–water partition coefficient (Wildman–Crippen LogP) is 2.77. The number of nitro benzene ring substituents is 1. The highest BCUT2D eigenvalue weighted by molar-refractivity contribution is 6.31. The number of aliphatic carboxylic acids is 1. The van der Waals surface area contributed by atoms with E-state index in [-0.39, 0.29) is 17.9 Å². The molecule has 0 aliphatic carbocycles. The van der Waals surface area contributed by atoms with Gasteiger partial charge in [0.05, 0.1) is 10.8 Å². The molecular formula is C11H13ClN2O4. The highest BCUT2D eigenvalue weighted by Gasteiger charge is 2.18. The molecule has 98 valence electrons. The lowest BCUT2D eigenvalue weighted by Crippen LogP contribution is -2.22. The van der Waals surface area contributed by atoms with Crippen LogP contribution in [0.3, 0.4) is 0 Å². The van der Waals surface area contributed by atoms with Crippen LogP contribution in [0.5, 0.6) is 0 Å². The molecule has 1 aromatic carbocycles. The minimum atomic E-state index is -0.935. The fourth-order valence-electron chi connectivity index (χ4n) is 1.45. The maximum Gasteiger partial charge on any atom is 0.308 e. The topological polar surface area (TPSA) is 92.5 Å². The van der Waals surface area contributed by atoms with E-state index in [0.29, 0.717) is 11.4 Å². The molecule has 1 atom stereocenters. The van der Waals surface area contributed by atoms with E-state index in [4.69, 9.17) is 16.7 Å². The van der Waals surface area contributed by atoms with Gasteiger partial charge in [0.15, 0.2) is 0 Å². The first-order valence-electron chi connectivity index (χ1n) is 5.36. The summed E-state index contributed by atoms with van der Waals surface area (Å²) in [5.41, 5.74) is 0.104. The fourth-order valence-corrected chi connectivity index (χ4v) is 1.62. The first-order chi connectivity index (χ1) is 8.45. The number of nitro groups is 1. The minimum absolute atomic E-state index is 0.118. The molecule has 0 aliphatic rings. The van der Waals surface area contributed by atoms with Crippen LogP contribution in [-0.2, 0) is 4.79 Å². The number of hydrogen-bond donors (Lipinski definition) is 2. The summed E-state index contributed by atoms with van der Waals surface area (Å²) >= 11 is 5.75. The van der Waals surface area contributed by atoms with Gasteiger partial charge in [-0.2, -0.15) is 0 Å². The Kier molecular flexibility index (Phi) is 4.91. The molecule has 0 bridgehead atoms. The Balaban J connectivity index is 2.86. The highest BCUT2D eigenvalue weighted by atomic mass is 35.5. The Hall–Kier alpha value is -1.82.